The molecule has 0 spiro atoms. The van der Waals surface area contributed by atoms with Crippen molar-refractivity contribution < 1.29 is 49.3 Å². The third-order valence-corrected chi connectivity index (χ3v) is 16.9. The molecule has 0 aromatic rings. The van der Waals surface area contributed by atoms with E-state index in [4.69, 9.17) is 14.2 Å². The van der Waals surface area contributed by atoms with E-state index in [1.54, 1.807) is 6.08 Å². The molecule has 0 radical (unpaired) electrons. The average Bonchev–Trinajstić information content (AvgIpc) is 1.96. The maximum absolute atomic E-state index is 13.0. The number of rotatable bonds is 64. The Morgan fingerprint density at radius 2 is 0.807 bits per heavy atom. The predicted octanol–water partition coefficient (Wildman–Crippen LogP) is 19.2. The quantitative estimate of drug-likeness (QED) is 0.0195. The first-order valence-corrected chi connectivity index (χ1v) is 36.9. The monoisotopic (exact) mass is 1240 g/mol. The number of allylic oxidation sites excluding steroid dienone is 13. The van der Waals surface area contributed by atoms with E-state index in [2.05, 4.69) is 92.1 Å². The zero-order valence-electron chi connectivity index (χ0n) is 56.7. The first-order valence-electron chi connectivity index (χ1n) is 36.9. The smallest absolute Gasteiger partial charge is 0.305 e. The van der Waals surface area contributed by atoms with Crippen LogP contribution in [-0.2, 0) is 23.8 Å². The Morgan fingerprint density at radius 1 is 0.432 bits per heavy atom. The van der Waals surface area contributed by atoms with Crippen LogP contribution >= 0.6 is 0 Å². The number of hydrogen-bond acceptors (Lipinski definition) is 10. The zero-order valence-corrected chi connectivity index (χ0v) is 56.7. The minimum absolute atomic E-state index is 0.000495. The van der Waals surface area contributed by atoms with Gasteiger partial charge in [-0.15, -0.1) is 0 Å². The molecule has 0 aromatic carbocycles. The molecule has 0 aromatic heterocycles. The van der Waals surface area contributed by atoms with E-state index in [9.17, 15) is 35.1 Å². The van der Waals surface area contributed by atoms with Crippen molar-refractivity contribution in [3.63, 3.8) is 0 Å². The Kier molecular flexibility index (Phi) is 61.5. The van der Waals surface area contributed by atoms with E-state index in [-0.39, 0.29) is 18.5 Å². The molecule has 1 heterocycles. The Bertz CT molecular complexity index is 1740. The Hall–Kier alpha value is -3.16. The molecule has 0 bridgehead atoms. The van der Waals surface area contributed by atoms with E-state index < -0.39 is 49.5 Å². The first-order chi connectivity index (χ1) is 43.2. The van der Waals surface area contributed by atoms with Gasteiger partial charge in [0.25, 0.3) is 0 Å². The lowest BCUT2D eigenvalue weighted by Gasteiger charge is -2.40. The van der Waals surface area contributed by atoms with Gasteiger partial charge in [-0.25, -0.2) is 0 Å². The van der Waals surface area contributed by atoms with E-state index >= 15 is 0 Å². The lowest BCUT2D eigenvalue weighted by Crippen LogP contribution is -2.60. The van der Waals surface area contributed by atoms with Crippen molar-refractivity contribution in [2.75, 3.05) is 19.8 Å². The van der Waals surface area contributed by atoms with Gasteiger partial charge in [-0.3, -0.25) is 9.59 Å². The number of unbranched alkanes of at least 4 members (excludes halogenated alkanes) is 38. The van der Waals surface area contributed by atoms with Crippen molar-refractivity contribution in [1.82, 2.24) is 5.32 Å². The minimum Gasteiger partial charge on any atom is -0.466 e. The van der Waals surface area contributed by atoms with Gasteiger partial charge in [-0.05, 0) is 116 Å². The summed E-state index contributed by atoms with van der Waals surface area (Å²) in [6.07, 6.45) is 80.3. The topological polar surface area (TPSA) is 175 Å². The predicted molar refractivity (Wildman–Crippen MR) is 370 cm³/mol. The molecule has 510 valence electrons. The summed E-state index contributed by atoms with van der Waals surface area (Å²) in [7, 11) is 0. The number of amides is 1. The molecular formula is C77H137NO10. The van der Waals surface area contributed by atoms with Gasteiger partial charge in [-0.2, -0.15) is 0 Å². The SMILES string of the molecule is CC/C=C/CC/C=C/CC/C=C/C(O)C(COC1OC(CO)C(O)C(O)C1O)NC(=O)CCCCCCCCCCCCCCCCC/C=C\C/C=C\CCCCCCCCCCCOC(=O)CCCCCCCCCCC/C=C\C/C=C\CCCCC. The van der Waals surface area contributed by atoms with Gasteiger partial charge >= 0.3 is 5.97 Å². The molecule has 1 aliphatic rings. The first kappa shape index (κ1) is 82.9. The van der Waals surface area contributed by atoms with Crippen LogP contribution in [0.3, 0.4) is 0 Å². The highest BCUT2D eigenvalue weighted by Crippen LogP contribution is 2.23. The van der Waals surface area contributed by atoms with Gasteiger partial charge in [-0.1, -0.05) is 285 Å². The van der Waals surface area contributed by atoms with Gasteiger partial charge in [0.05, 0.1) is 32.0 Å². The van der Waals surface area contributed by atoms with Gasteiger partial charge in [0.1, 0.15) is 24.4 Å². The zero-order chi connectivity index (χ0) is 63.7. The lowest BCUT2D eigenvalue weighted by atomic mass is 9.99. The minimum atomic E-state index is -1.58. The molecule has 11 heteroatoms. The number of carbonyl (C=O) groups is 2. The number of esters is 1. The molecule has 6 N–H and O–H groups in total. The molecule has 1 saturated heterocycles. The van der Waals surface area contributed by atoms with Crippen LogP contribution in [0.5, 0.6) is 0 Å². The number of hydrogen-bond donors (Lipinski definition) is 6. The van der Waals surface area contributed by atoms with Crippen LogP contribution in [0.2, 0.25) is 0 Å². The van der Waals surface area contributed by atoms with Crippen molar-refractivity contribution in [2.24, 2.45) is 0 Å². The normalized spacial score (nSPS) is 18.3. The van der Waals surface area contributed by atoms with E-state index in [1.807, 2.05) is 6.08 Å². The van der Waals surface area contributed by atoms with Gasteiger partial charge < -0.3 is 45.1 Å². The lowest BCUT2D eigenvalue weighted by molar-refractivity contribution is -0.302. The summed E-state index contributed by atoms with van der Waals surface area (Å²) in [6, 6.07) is -0.835. The summed E-state index contributed by atoms with van der Waals surface area (Å²) in [5.41, 5.74) is 0. The molecule has 1 aliphatic heterocycles. The molecule has 1 fully saturated rings. The summed E-state index contributed by atoms with van der Waals surface area (Å²) < 4.78 is 16.7. The average molecular weight is 1240 g/mol. The molecule has 7 atom stereocenters. The molecule has 7 unspecified atom stereocenters. The number of aliphatic hydroxyl groups is 5. The van der Waals surface area contributed by atoms with Gasteiger partial charge in [0.15, 0.2) is 6.29 Å². The van der Waals surface area contributed by atoms with Crippen LogP contribution in [0, 0.1) is 0 Å². The van der Waals surface area contributed by atoms with Crippen molar-refractivity contribution in [1.29, 1.82) is 0 Å². The molecule has 88 heavy (non-hydrogen) atoms. The maximum Gasteiger partial charge on any atom is 0.305 e. The molecule has 1 amide bonds. The van der Waals surface area contributed by atoms with Crippen LogP contribution in [0.25, 0.3) is 0 Å². The number of carbonyl (C=O) groups excluding carboxylic acids is 2. The molecule has 11 nitrogen and oxygen atoms in total. The highest BCUT2D eigenvalue weighted by Gasteiger charge is 2.44. The summed E-state index contributed by atoms with van der Waals surface area (Å²) >= 11 is 0. The maximum atomic E-state index is 13.0. The third kappa shape index (κ3) is 53.5. The molecule has 1 rings (SSSR count). The van der Waals surface area contributed by atoms with Crippen molar-refractivity contribution in [3.05, 3.63) is 85.1 Å². The van der Waals surface area contributed by atoms with Crippen LogP contribution in [0.4, 0.5) is 0 Å². The Balaban J connectivity index is 1.92. The molecule has 0 aliphatic carbocycles. The van der Waals surface area contributed by atoms with Crippen LogP contribution in [-0.4, -0.2) is 100 Å². The van der Waals surface area contributed by atoms with Gasteiger partial charge in [0, 0.05) is 12.8 Å². The number of ether oxygens (including phenoxy) is 3. The third-order valence-electron chi connectivity index (χ3n) is 16.9. The number of aliphatic hydroxyl groups excluding tert-OH is 5. The molecular weight excluding hydrogens is 1100 g/mol. The second kappa shape index (κ2) is 65.3. The van der Waals surface area contributed by atoms with Crippen molar-refractivity contribution in [3.8, 4) is 0 Å². The van der Waals surface area contributed by atoms with Gasteiger partial charge in [0.2, 0.25) is 5.91 Å². The largest absolute Gasteiger partial charge is 0.466 e. The van der Waals surface area contributed by atoms with Crippen LogP contribution in [0.15, 0.2) is 85.1 Å². The highest BCUT2D eigenvalue weighted by atomic mass is 16.7. The number of nitrogens with one attached hydrogen (secondary N) is 1. The van der Waals surface area contributed by atoms with Crippen molar-refractivity contribution >= 4 is 11.9 Å². The van der Waals surface area contributed by atoms with Crippen molar-refractivity contribution in [2.45, 2.75) is 371 Å². The summed E-state index contributed by atoms with van der Waals surface area (Å²) in [5, 5.41) is 54.3. The van der Waals surface area contributed by atoms with E-state index in [0.29, 0.717) is 19.4 Å². The van der Waals surface area contributed by atoms with E-state index in [0.717, 1.165) is 83.5 Å². The summed E-state index contributed by atoms with van der Waals surface area (Å²) in [5.74, 6) is -0.198. The fourth-order valence-corrected chi connectivity index (χ4v) is 11.2. The Labute approximate surface area is 540 Å². The summed E-state index contributed by atoms with van der Waals surface area (Å²) in [6.45, 7) is 4.19. The van der Waals surface area contributed by atoms with Crippen LogP contribution < -0.4 is 5.32 Å². The fourth-order valence-electron chi connectivity index (χ4n) is 11.2. The Morgan fingerprint density at radius 3 is 1.24 bits per heavy atom. The van der Waals surface area contributed by atoms with Crippen LogP contribution in [0.1, 0.15) is 328 Å². The second-order valence-electron chi connectivity index (χ2n) is 25.2. The molecule has 0 saturated carbocycles. The fraction of sp³-hybridized carbons (Fsp3) is 0.792. The highest BCUT2D eigenvalue weighted by molar-refractivity contribution is 5.76. The summed E-state index contributed by atoms with van der Waals surface area (Å²) in [4.78, 5) is 25.1. The second-order valence-corrected chi connectivity index (χ2v) is 25.2. The standard InChI is InChI=1S/C77H137NO10/c1-3-5-7-9-11-13-15-16-17-18-32-36-39-42-45-49-53-57-61-65-73(82)86-66-62-58-54-50-46-43-40-37-34-31-29-27-25-23-21-19-20-22-24-26-28-30-33-35-38-41-44-48-52-56-60-64-72(81)78-69(68-87-77-76(85)75(84)74(83)71(67-79)88-77)70(80)63-59-55-51-47-14-12-10-8-6-4-2/h6,8,11,13-14,16-17,21,23,27,29,47,59,63,69-71,74-77,79-80,83-85H,3-5,7,9-10,12,15,18-20,22,24-26,28,30-46,48-58,60-62,64-68H2,1-2H3,(H,78,81)/b8-6+,13-11-,17-16-,23-21-,29-27-,47-14+,63-59+. The van der Waals surface area contributed by atoms with E-state index in [1.165, 1.54) is 218 Å².